The summed E-state index contributed by atoms with van der Waals surface area (Å²) in [6.45, 7) is 3.50. The Morgan fingerprint density at radius 1 is 1.38 bits per heavy atom. The van der Waals surface area contributed by atoms with Crippen LogP contribution in [-0.2, 0) is 19.1 Å². The molecule has 4 heterocycles. The second-order valence-electron chi connectivity index (χ2n) is 9.19. The summed E-state index contributed by atoms with van der Waals surface area (Å²) >= 11 is 4.83. The molecule has 0 bridgehead atoms. The minimum Gasteiger partial charge on any atom is -0.481 e. The number of carbonyl (C=O) groups excluding carboxylic acids is 1. The number of rotatable bonds is 7. The Hall–Kier alpha value is -2.67. The summed E-state index contributed by atoms with van der Waals surface area (Å²) in [6, 6.07) is 3.50. The fraction of sp³-hybridized carbons (Fsp3) is 0.440. The fourth-order valence-corrected chi connectivity index (χ4v) is 6.36. The maximum Gasteiger partial charge on any atom is 0.338 e. The number of hydrogen-bond acceptors (Lipinski definition) is 9. The van der Waals surface area contributed by atoms with Crippen LogP contribution in [-0.4, -0.2) is 71.7 Å². The number of benzene rings is 1. The zero-order chi connectivity index (χ0) is 26.1. The lowest BCUT2D eigenvalue weighted by molar-refractivity contribution is -0.145. The smallest absolute Gasteiger partial charge is 0.338 e. The van der Waals surface area contributed by atoms with Crippen LogP contribution in [0.1, 0.15) is 30.0 Å². The number of carbonyl (C=O) groups is 2. The van der Waals surface area contributed by atoms with E-state index in [2.05, 4.69) is 31.1 Å². The lowest BCUT2D eigenvalue weighted by Gasteiger charge is -2.40. The number of thiazole rings is 1. The first kappa shape index (κ1) is 26.0. The van der Waals surface area contributed by atoms with Gasteiger partial charge in [-0.3, -0.25) is 14.7 Å². The highest BCUT2D eigenvalue weighted by molar-refractivity contribution is 9.10. The molecule has 0 spiro atoms. The van der Waals surface area contributed by atoms with Gasteiger partial charge in [0, 0.05) is 46.8 Å². The number of aliphatic imine (C=N–C) groups is 1. The van der Waals surface area contributed by atoms with Crippen molar-refractivity contribution in [2.75, 3.05) is 32.9 Å². The topological polar surface area (TPSA) is 113 Å². The molecule has 0 aliphatic carbocycles. The molecule has 2 fully saturated rings. The highest BCUT2D eigenvalue weighted by Crippen LogP contribution is 2.38. The molecule has 3 aliphatic rings. The zero-order valence-electron chi connectivity index (χ0n) is 20.0. The van der Waals surface area contributed by atoms with Crippen molar-refractivity contribution in [3.05, 3.63) is 61.9 Å². The molecule has 9 nitrogen and oxygen atoms in total. The van der Waals surface area contributed by atoms with Crippen molar-refractivity contribution in [3.63, 3.8) is 0 Å². The zero-order valence-corrected chi connectivity index (χ0v) is 22.4. The van der Waals surface area contributed by atoms with E-state index in [1.807, 2.05) is 5.38 Å². The molecule has 4 atom stereocenters. The van der Waals surface area contributed by atoms with Crippen molar-refractivity contribution in [1.29, 1.82) is 0 Å². The summed E-state index contributed by atoms with van der Waals surface area (Å²) in [7, 11) is 0. The number of fused-ring (bicyclic) bond motifs is 1. The van der Waals surface area contributed by atoms with E-state index < -0.39 is 29.7 Å². The molecule has 1 aromatic heterocycles. The number of aliphatic carboxylic acids is 1. The molecule has 5 rings (SSSR count). The Morgan fingerprint density at radius 3 is 2.92 bits per heavy atom. The number of carboxylic acids is 1. The molecule has 12 heteroatoms. The van der Waals surface area contributed by atoms with E-state index in [1.165, 1.54) is 23.5 Å². The minimum atomic E-state index is -0.843. The predicted molar refractivity (Wildman–Crippen MR) is 138 cm³/mol. The van der Waals surface area contributed by atoms with E-state index in [-0.39, 0.29) is 25.1 Å². The first-order valence-electron chi connectivity index (χ1n) is 12.0. The normalized spacial score (nSPS) is 25.9. The standard InChI is InChI=1S/C25H26BrFN4O5S/c1-2-36-25(34)20-18(10-31-9-13(24(32)33)7-14-11-35-12-19(14)31)29-22(23-28-5-6-37-23)30-21(20)16-4-3-15(27)8-17(16)26/h3-6,8,13-14,19,21H,2,7,9-12H2,1H3,(H,29,30)(H,32,33)/t13?,14?,19?,21-/m0/s1. The van der Waals surface area contributed by atoms with Gasteiger partial charge in [0.15, 0.2) is 10.8 Å². The van der Waals surface area contributed by atoms with E-state index in [0.717, 1.165) is 0 Å². The van der Waals surface area contributed by atoms with Gasteiger partial charge in [-0.1, -0.05) is 22.0 Å². The monoisotopic (exact) mass is 592 g/mol. The summed E-state index contributed by atoms with van der Waals surface area (Å²) in [5.74, 6) is -1.77. The molecule has 3 unspecified atom stereocenters. The quantitative estimate of drug-likeness (QED) is 0.470. The van der Waals surface area contributed by atoms with Crippen LogP contribution in [0.5, 0.6) is 0 Å². The molecule has 0 saturated carbocycles. The van der Waals surface area contributed by atoms with Crippen molar-refractivity contribution < 1.29 is 28.6 Å². The Labute approximate surface area is 225 Å². The van der Waals surface area contributed by atoms with Gasteiger partial charge in [0.05, 0.1) is 31.3 Å². The second-order valence-corrected chi connectivity index (χ2v) is 10.9. The van der Waals surface area contributed by atoms with Crippen LogP contribution in [0.4, 0.5) is 4.39 Å². The van der Waals surface area contributed by atoms with Crippen LogP contribution in [0.3, 0.4) is 0 Å². The van der Waals surface area contributed by atoms with Gasteiger partial charge in [-0.15, -0.1) is 11.3 Å². The molecule has 1 aromatic carbocycles. The molecule has 37 heavy (non-hydrogen) atoms. The Morgan fingerprint density at radius 2 is 2.22 bits per heavy atom. The van der Waals surface area contributed by atoms with Gasteiger partial charge < -0.3 is 19.9 Å². The van der Waals surface area contributed by atoms with E-state index >= 15 is 0 Å². The van der Waals surface area contributed by atoms with Crippen molar-refractivity contribution in [1.82, 2.24) is 15.2 Å². The van der Waals surface area contributed by atoms with Crippen LogP contribution in [0.15, 0.2) is 50.5 Å². The number of aromatic nitrogens is 1. The average Bonchev–Trinajstić information content (AvgIpc) is 3.56. The van der Waals surface area contributed by atoms with E-state index in [1.54, 1.807) is 19.2 Å². The largest absolute Gasteiger partial charge is 0.481 e. The highest BCUT2D eigenvalue weighted by Gasteiger charge is 2.43. The van der Waals surface area contributed by atoms with Gasteiger partial charge in [-0.25, -0.2) is 14.2 Å². The van der Waals surface area contributed by atoms with Crippen LogP contribution in [0.2, 0.25) is 0 Å². The maximum absolute atomic E-state index is 13.9. The average molecular weight is 593 g/mol. The lowest BCUT2D eigenvalue weighted by Crippen LogP contribution is -2.52. The number of likely N-dealkylation sites (tertiary alicyclic amines) is 1. The number of amidine groups is 1. The number of ether oxygens (including phenoxy) is 2. The van der Waals surface area contributed by atoms with Crippen molar-refractivity contribution in [3.8, 4) is 0 Å². The summed E-state index contributed by atoms with van der Waals surface area (Å²) in [5.41, 5.74) is 1.44. The van der Waals surface area contributed by atoms with Gasteiger partial charge in [-0.2, -0.15) is 0 Å². The minimum absolute atomic E-state index is 0.0338. The Balaban J connectivity index is 1.60. The second kappa shape index (κ2) is 11.0. The molecule has 3 aliphatic heterocycles. The number of halogens is 2. The molecule has 2 N–H and O–H groups in total. The molecule has 0 radical (unpaired) electrons. The third kappa shape index (κ3) is 5.33. The van der Waals surface area contributed by atoms with Crippen molar-refractivity contribution in [2.24, 2.45) is 16.8 Å². The number of carboxylic acid groups (broad SMARTS) is 1. The maximum atomic E-state index is 13.9. The van der Waals surface area contributed by atoms with E-state index in [0.29, 0.717) is 58.3 Å². The number of nitrogens with zero attached hydrogens (tertiary/aromatic N) is 3. The number of esters is 1. The van der Waals surface area contributed by atoms with Gasteiger partial charge in [0.2, 0.25) is 0 Å². The summed E-state index contributed by atoms with van der Waals surface area (Å²) < 4.78 is 25.6. The third-order valence-electron chi connectivity index (χ3n) is 6.90. The van der Waals surface area contributed by atoms with Crippen LogP contribution in [0, 0.1) is 17.7 Å². The molecular formula is C25H26BrFN4O5S. The number of piperidine rings is 1. The number of nitrogens with one attached hydrogen (secondary N) is 1. The van der Waals surface area contributed by atoms with Gasteiger partial charge in [0.25, 0.3) is 0 Å². The van der Waals surface area contributed by atoms with Crippen LogP contribution < -0.4 is 5.32 Å². The Kier molecular flexibility index (Phi) is 7.70. The summed E-state index contributed by atoms with van der Waals surface area (Å²) in [5, 5.41) is 15.5. The van der Waals surface area contributed by atoms with Crippen molar-refractivity contribution >= 4 is 45.0 Å². The first-order chi connectivity index (χ1) is 17.9. The molecule has 2 aromatic rings. The number of hydrogen-bond donors (Lipinski definition) is 2. The predicted octanol–water partition coefficient (Wildman–Crippen LogP) is 3.37. The fourth-order valence-electron chi connectivity index (χ4n) is 5.21. The van der Waals surface area contributed by atoms with E-state index in [4.69, 9.17) is 14.5 Å². The SMILES string of the molecule is CCOC(=O)C1=C(CN2CC(C(=O)O)CC3COCC32)NC(c2nccs2)=N[C@H]1c1ccc(F)cc1Br. The summed E-state index contributed by atoms with van der Waals surface area (Å²) in [4.78, 5) is 36.6. The first-order valence-corrected chi connectivity index (χ1v) is 13.7. The van der Waals surface area contributed by atoms with Gasteiger partial charge >= 0.3 is 11.9 Å². The highest BCUT2D eigenvalue weighted by atomic mass is 79.9. The van der Waals surface area contributed by atoms with Crippen LogP contribution in [0.25, 0.3) is 0 Å². The summed E-state index contributed by atoms with van der Waals surface area (Å²) in [6.07, 6.45) is 2.23. The lowest BCUT2D eigenvalue weighted by atomic mass is 9.84. The molecule has 2 saturated heterocycles. The third-order valence-corrected chi connectivity index (χ3v) is 8.37. The van der Waals surface area contributed by atoms with Gasteiger partial charge in [0.1, 0.15) is 11.9 Å². The van der Waals surface area contributed by atoms with E-state index in [9.17, 15) is 19.1 Å². The molecular weight excluding hydrogens is 567 g/mol. The van der Waals surface area contributed by atoms with Crippen LogP contribution >= 0.6 is 27.3 Å². The Bertz CT molecular complexity index is 1250. The molecule has 0 amide bonds. The van der Waals surface area contributed by atoms with Crippen molar-refractivity contribution in [2.45, 2.75) is 25.4 Å². The van der Waals surface area contributed by atoms with Gasteiger partial charge in [-0.05, 0) is 31.0 Å². The molecule has 196 valence electrons.